The molecule has 0 aliphatic carbocycles. The van der Waals surface area contributed by atoms with E-state index in [9.17, 15) is 46.6 Å². The summed E-state index contributed by atoms with van der Waals surface area (Å²) in [6, 6.07) is 12.0. The summed E-state index contributed by atoms with van der Waals surface area (Å²) in [5, 5.41) is 22.3. The molecule has 0 atom stereocenters. The van der Waals surface area contributed by atoms with Crippen molar-refractivity contribution in [2.24, 2.45) is 0 Å². The van der Waals surface area contributed by atoms with E-state index < -0.39 is 88.5 Å². The summed E-state index contributed by atoms with van der Waals surface area (Å²) in [6.07, 6.45) is -9.71. The molecule has 0 amide bonds. The Labute approximate surface area is 235 Å². The van der Waals surface area contributed by atoms with Crippen molar-refractivity contribution in [3.8, 4) is 33.8 Å². The van der Waals surface area contributed by atoms with Crippen LogP contribution in [0.3, 0.4) is 0 Å². The first-order valence-corrected chi connectivity index (χ1v) is 11.8. The minimum Gasteiger partial charge on any atom is -0.454 e. The Morgan fingerprint density at radius 2 is 0.902 bits per heavy atom. The number of benzene rings is 4. The molecule has 0 bridgehead atoms. The van der Waals surface area contributed by atoms with Crippen LogP contribution >= 0.6 is 23.2 Å². The van der Waals surface area contributed by atoms with E-state index in [1.165, 1.54) is 12.1 Å². The third-order valence-corrected chi connectivity index (χ3v) is 6.52. The first kappa shape index (κ1) is 29.6. The third-order valence-electron chi connectivity index (χ3n) is 5.79. The van der Waals surface area contributed by atoms with E-state index in [0.29, 0.717) is 0 Å². The molecule has 0 aliphatic rings. The van der Waals surface area contributed by atoms with Gasteiger partial charge >= 0.3 is 12.4 Å². The fraction of sp³-hybridized carbons (Fsp3) is 0.0769. The Kier molecular flexibility index (Phi) is 7.87. The average molecular weight is 617 g/mol. The van der Waals surface area contributed by atoms with Crippen LogP contribution in [-0.4, -0.2) is 9.85 Å². The number of alkyl halides is 6. The van der Waals surface area contributed by atoms with Gasteiger partial charge in [-0.15, -0.1) is 0 Å². The van der Waals surface area contributed by atoms with E-state index in [0.717, 1.165) is 60.7 Å². The van der Waals surface area contributed by atoms with Gasteiger partial charge in [-0.1, -0.05) is 59.6 Å². The van der Waals surface area contributed by atoms with Crippen molar-refractivity contribution >= 4 is 34.6 Å². The maximum atomic E-state index is 13.6. The zero-order valence-electron chi connectivity index (χ0n) is 19.9. The molecule has 0 aromatic heterocycles. The second kappa shape index (κ2) is 10.9. The molecule has 0 aliphatic heterocycles. The van der Waals surface area contributed by atoms with Gasteiger partial charge in [-0.25, -0.2) is 0 Å². The van der Waals surface area contributed by atoms with Gasteiger partial charge in [-0.05, 0) is 36.4 Å². The summed E-state index contributed by atoms with van der Waals surface area (Å²) >= 11 is 12.4. The zero-order valence-corrected chi connectivity index (χ0v) is 21.4. The van der Waals surface area contributed by atoms with Crippen molar-refractivity contribution in [1.82, 2.24) is 0 Å². The number of hydrogen-bond acceptors (Lipinski definition) is 5. The quantitative estimate of drug-likeness (QED) is 0.122. The molecular weight excluding hydrogens is 605 g/mol. The van der Waals surface area contributed by atoms with Crippen molar-refractivity contribution in [3.63, 3.8) is 0 Å². The predicted molar refractivity (Wildman–Crippen MR) is 137 cm³/mol. The second-order valence-electron chi connectivity index (χ2n) is 8.25. The Balaban J connectivity index is 1.85. The van der Waals surface area contributed by atoms with Crippen LogP contribution in [0.1, 0.15) is 11.1 Å². The van der Waals surface area contributed by atoms with E-state index >= 15 is 0 Å². The Bertz CT molecular complexity index is 1570. The molecule has 4 aromatic rings. The summed E-state index contributed by atoms with van der Waals surface area (Å²) in [5.74, 6) is -1.02. The second-order valence-corrected chi connectivity index (χ2v) is 9.01. The largest absolute Gasteiger partial charge is 0.454 e. The van der Waals surface area contributed by atoms with Crippen LogP contribution in [-0.2, 0) is 12.4 Å². The molecule has 7 nitrogen and oxygen atoms in total. The minimum absolute atomic E-state index is 0.489. The molecule has 0 saturated carbocycles. The van der Waals surface area contributed by atoms with Crippen molar-refractivity contribution < 1.29 is 40.9 Å². The van der Waals surface area contributed by atoms with Gasteiger partial charge in [0, 0.05) is 11.1 Å². The lowest BCUT2D eigenvalue weighted by Gasteiger charge is -2.16. The van der Waals surface area contributed by atoms with Gasteiger partial charge < -0.3 is 4.74 Å². The highest BCUT2D eigenvalue weighted by molar-refractivity contribution is 6.35. The number of hydrogen-bond donors (Lipinski definition) is 0. The topological polar surface area (TPSA) is 95.5 Å². The molecule has 0 radical (unpaired) electrons. The smallest absolute Gasteiger partial charge is 0.417 e. The fourth-order valence-electron chi connectivity index (χ4n) is 4.09. The van der Waals surface area contributed by atoms with Crippen LogP contribution < -0.4 is 4.74 Å². The van der Waals surface area contributed by atoms with Crippen molar-refractivity contribution in [1.29, 1.82) is 0 Å². The number of nitro groups is 2. The fourth-order valence-corrected chi connectivity index (χ4v) is 4.63. The molecule has 0 heterocycles. The molecule has 15 heteroatoms. The van der Waals surface area contributed by atoms with Gasteiger partial charge in [0.15, 0.2) is 21.5 Å². The van der Waals surface area contributed by atoms with Crippen molar-refractivity contribution in [3.05, 3.63) is 114 Å². The Morgan fingerprint density at radius 1 is 0.561 bits per heavy atom. The van der Waals surface area contributed by atoms with Gasteiger partial charge in [0.2, 0.25) is 0 Å². The minimum atomic E-state index is -4.86. The Morgan fingerprint density at radius 3 is 1.22 bits per heavy atom. The molecule has 0 fully saturated rings. The molecule has 212 valence electrons. The number of halogens is 8. The maximum absolute atomic E-state index is 13.6. The van der Waals surface area contributed by atoms with Gasteiger partial charge in [-0.2, -0.15) is 26.3 Å². The summed E-state index contributed by atoms with van der Waals surface area (Å²) in [6.45, 7) is 0. The highest BCUT2D eigenvalue weighted by Crippen LogP contribution is 2.49. The van der Waals surface area contributed by atoms with Crippen LogP contribution in [0.5, 0.6) is 11.5 Å². The number of nitro benzene ring substituents is 2. The van der Waals surface area contributed by atoms with Crippen LogP contribution in [0.2, 0.25) is 10.0 Å². The maximum Gasteiger partial charge on any atom is 0.417 e. The first-order valence-electron chi connectivity index (χ1n) is 11.1. The highest BCUT2D eigenvalue weighted by atomic mass is 35.5. The molecule has 0 unspecified atom stereocenters. The summed E-state index contributed by atoms with van der Waals surface area (Å²) < 4.78 is 86.9. The molecule has 0 N–H and O–H groups in total. The van der Waals surface area contributed by atoms with Gasteiger partial charge in [0.25, 0.3) is 11.4 Å². The van der Waals surface area contributed by atoms with Crippen LogP contribution in [0.4, 0.5) is 37.7 Å². The average Bonchev–Trinajstić information content (AvgIpc) is 2.89. The summed E-state index contributed by atoms with van der Waals surface area (Å²) in [7, 11) is 0. The van der Waals surface area contributed by atoms with E-state index in [1.54, 1.807) is 0 Å². The standard InChI is InChI=1S/C26H12Cl2F6N2O5/c27-21-19(11-9-15(23(21)35(37)38)13-5-1-3-7-17(13)25(29,30)31)41-20-12-10-16(24(22(20)28)36(39)40)14-6-2-4-8-18(14)26(32,33)34/h1-12H. The molecule has 4 rings (SSSR count). The number of rotatable bonds is 6. The SMILES string of the molecule is O=[N+]([O-])c1c(-c2ccccc2C(F)(F)F)ccc(Oc2ccc(-c3ccccc3C(F)(F)F)c([N+](=O)[O-])c2Cl)c1Cl. The molecule has 0 spiro atoms. The van der Waals surface area contributed by atoms with Gasteiger partial charge in [0.1, 0.15) is 0 Å². The van der Waals surface area contributed by atoms with Crippen LogP contribution in [0.25, 0.3) is 22.3 Å². The predicted octanol–water partition coefficient (Wildman–Crippen LogP) is 9.97. The summed E-state index contributed by atoms with van der Waals surface area (Å²) in [4.78, 5) is 21.7. The Hall–Kier alpha value is -4.36. The van der Waals surface area contributed by atoms with E-state index in [-0.39, 0.29) is 0 Å². The highest BCUT2D eigenvalue weighted by Gasteiger charge is 2.37. The molecular formula is C26H12Cl2F6N2O5. The lowest BCUT2D eigenvalue weighted by Crippen LogP contribution is -2.08. The monoisotopic (exact) mass is 616 g/mol. The lowest BCUT2D eigenvalue weighted by molar-refractivity contribution is -0.384. The summed E-state index contributed by atoms with van der Waals surface area (Å²) in [5.41, 5.74) is -6.30. The van der Waals surface area contributed by atoms with Crippen LogP contribution in [0, 0.1) is 20.2 Å². The molecule has 0 saturated heterocycles. The normalized spacial score (nSPS) is 11.8. The number of nitrogens with zero attached hydrogens (tertiary/aromatic N) is 2. The molecule has 4 aromatic carbocycles. The van der Waals surface area contributed by atoms with Crippen molar-refractivity contribution in [2.45, 2.75) is 12.4 Å². The number of ether oxygens (including phenoxy) is 1. The third kappa shape index (κ3) is 5.77. The van der Waals surface area contributed by atoms with Crippen molar-refractivity contribution in [2.75, 3.05) is 0 Å². The van der Waals surface area contributed by atoms with Gasteiger partial charge in [-0.3, -0.25) is 20.2 Å². The van der Waals surface area contributed by atoms with E-state index in [4.69, 9.17) is 27.9 Å². The zero-order chi connectivity index (χ0) is 30.3. The molecule has 41 heavy (non-hydrogen) atoms. The van der Waals surface area contributed by atoms with E-state index in [2.05, 4.69) is 0 Å². The first-order chi connectivity index (χ1) is 19.1. The van der Waals surface area contributed by atoms with Crippen LogP contribution in [0.15, 0.2) is 72.8 Å². The van der Waals surface area contributed by atoms with Gasteiger partial charge in [0.05, 0.1) is 32.1 Å². The van der Waals surface area contributed by atoms with E-state index in [1.807, 2.05) is 0 Å². The lowest BCUT2D eigenvalue weighted by atomic mass is 9.97.